The summed E-state index contributed by atoms with van der Waals surface area (Å²) in [5, 5.41) is 9.23. The van der Waals surface area contributed by atoms with Crippen LogP contribution in [0.4, 0.5) is 0 Å². The lowest BCUT2D eigenvalue weighted by molar-refractivity contribution is 0.0144. The number of nitrogens with two attached hydrogens (primary N) is 1. The van der Waals surface area contributed by atoms with Crippen molar-refractivity contribution in [2.75, 3.05) is 0 Å². The van der Waals surface area contributed by atoms with Gasteiger partial charge in [-0.15, -0.1) is 0 Å². The van der Waals surface area contributed by atoms with Gasteiger partial charge in [-0.3, -0.25) is 0 Å². The van der Waals surface area contributed by atoms with Crippen LogP contribution in [-0.2, 0) is 0 Å². The molecule has 0 saturated heterocycles. The Labute approximate surface area is 50.7 Å². The van der Waals surface area contributed by atoms with E-state index < -0.39 is 11.1 Å². The molecule has 0 unspecified atom stereocenters. The standard InChI is InChI=1S/C6H15NO/c1-5(2,7)6(3,4)8/h8H,7H2,1-4H3. The van der Waals surface area contributed by atoms with Crippen LogP contribution in [0.1, 0.15) is 27.7 Å². The third-order valence-corrected chi connectivity index (χ3v) is 1.58. The zero-order chi connectivity index (χ0) is 7.00. The van der Waals surface area contributed by atoms with Crippen LogP contribution in [0.25, 0.3) is 0 Å². The van der Waals surface area contributed by atoms with Gasteiger partial charge in [-0.05, 0) is 27.7 Å². The Morgan fingerprint density at radius 1 is 1.12 bits per heavy atom. The van der Waals surface area contributed by atoms with Gasteiger partial charge in [-0.25, -0.2) is 0 Å². The van der Waals surface area contributed by atoms with Gasteiger partial charge < -0.3 is 10.8 Å². The van der Waals surface area contributed by atoms with E-state index in [-0.39, 0.29) is 0 Å². The average Bonchev–Trinajstić information content (AvgIpc) is 1.25. The minimum atomic E-state index is -0.785. The van der Waals surface area contributed by atoms with Gasteiger partial charge in [0.2, 0.25) is 0 Å². The average molecular weight is 117 g/mol. The van der Waals surface area contributed by atoms with E-state index in [1.54, 1.807) is 27.7 Å². The van der Waals surface area contributed by atoms with Crippen LogP contribution in [-0.4, -0.2) is 16.2 Å². The van der Waals surface area contributed by atoms with Crippen molar-refractivity contribution in [3.63, 3.8) is 0 Å². The Morgan fingerprint density at radius 2 is 1.25 bits per heavy atom. The van der Waals surface area contributed by atoms with E-state index in [1.807, 2.05) is 0 Å². The van der Waals surface area contributed by atoms with Crippen molar-refractivity contribution in [1.29, 1.82) is 0 Å². The Hall–Kier alpha value is -0.0800. The molecule has 2 nitrogen and oxygen atoms in total. The lowest BCUT2D eigenvalue weighted by Crippen LogP contribution is -2.52. The van der Waals surface area contributed by atoms with Crippen molar-refractivity contribution in [3.8, 4) is 0 Å². The first-order valence-corrected chi connectivity index (χ1v) is 2.76. The molecule has 2 heteroatoms. The third kappa shape index (κ3) is 1.80. The van der Waals surface area contributed by atoms with Crippen molar-refractivity contribution in [1.82, 2.24) is 0 Å². The predicted molar refractivity (Wildman–Crippen MR) is 34.6 cm³/mol. The first-order chi connectivity index (χ1) is 3.25. The van der Waals surface area contributed by atoms with Crippen LogP contribution in [0.15, 0.2) is 0 Å². The highest BCUT2D eigenvalue weighted by Gasteiger charge is 2.30. The van der Waals surface area contributed by atoms with E-state index in [1.165, 1.54) is 0 Å². The van der Waals surface area contributed by atoms with Gasteiger partial charge >= 0.3 is 0 Å². The highest BCUT2D eigenvalue weighted by atomic mass is 16.3. The molecular weight excluding hydrogens is 102 g/mol. The molecule has 0 saturated carbocycles. The first kappa shape index (κ1) is 7.92. The molecule has 0 fully saturated rings. The van der Waals surface area contributed by atoms with Crippen molar-refractivity contribution in [3.05, 3.63) is 0 Å². The largest absolute Gasteiger partial charge is 0.389 e. The lowest BCUT2D eigenvalue weighted by atomic mass is 9.87. The van der Waals surface area contributed by atoms with Crippen LogP contribution in [0.5, 0.6) is 0 Å². The molecule has 0 rings (SSSR count). The summed E-state index contributed by atoms with van der Waals surface area (Å²) >= 11 is 0. The summed E-state index contributed by atoms with van der Waals surface area (Å²) in [6, 6.07) is 0. The van der Waals surface area contributed by atoms with Crippen molar-refractivity contribution in [2.45, 2.75) is 38.8 Å². The minimum Gasteiger partial charge on any atom is -0.389 e. The maximum Gasteiger partial charge on any atom is 0.0764 e. The molecule has 50 valence electrons. The number of aliphatic hydroxyl groups is 1. The van der Waals surface area contributed by atoms with E-state index in [2.05, 4.69) is 0 Å². The van der Waals surface area contributed by atoms with Crippen LogP contribution < -0.4 is 5.73 Å². The molecular formula is C6H15NO. The summed E-state index contributed by atoms with van der Waals surface area (Å²) in [4.78, 5) is 0. The summed E-state index contributed by atoms with van der Waals surface area (Å²) in [5.41, 5.74) is 4.27. The molecule has 0 amide bonds. The molecule has 0 aromatic rings. The summed E-state index contributed by atoms with van der Waals surface area (Å²) in [7, 11) is 0. The van der Waals surface area contributed by atoms with Crippen LogP contribution >= 0.6 is 0 Å². The van der Waals surface area contributed by atoms with E-state index in [9.17, 15) is 5.11 Å². The fourth-order valence-corrected chi connectivity index (χ4v) is 0. The van der Waals surface area contributed by atoms with E-state index in [4.69, 9.17) is 5.73 Å². The molecule has 0 spiro atoms. The number of hydrogen-bond donors (Lipinski definition) is 2. The lowest BCUT2D eigenvalue weighted by Gasteiger charge is -2.32. The molecule has 0 aliphatic carbocycles. The smallest absolute Gasteiger partial charge is 0.0764 e. The molecule has 0 aliphatic rings. The minimum absolute atomic E-state index is 0.507. The second-order valence-corrected chi connectivity index (χ2v) is 3.28. The Kier molecular flexibility index (Phi) is 1.69. The molecule has 8 heavy (non-hydrogen) atoms. The quantitative estimate of drug-likeness (QED) is 0.525. The fourth-order valence-electron chi connectivity index (χ4n) is 0. The summed E-state index contributed by atoms with van der Waals surface area (Å²) in [6.45, 7) is 7.00. The van der Waals surface area contributed by atoms with E-state index in [0.717, 1.165) is 0 Å². The highest BCUT2D eigenvalue weighted by Crippen LogP contribution is 2.16. The van der Waals surface area contributed by atoms with Gasteiger partial charge in [0, 0.05) is 5.54 Å². The van der Waals surface area contributed by atoms with Gasteiger partial charge in [-0.1, -0.05) is 0 Å². The Balaban J connectivity index is 4.02. The number of rotatable bonds is 1. The molecule has 3 N–H and O–H groups in total. The SMILES string of the molecule is CC(C)(N)C(C)(C)O. The zero-order valence-electron chi connectivity index (χ0n) is 6.02. The van der Waals surface area contributed by atoms with Crippen LogP contribution in [0.2, 0.25) is 0 Å². The summed E-state index contributed by atoms with van der Waals surface area (Å²) in [5.74, 6) is 0. The van der Waals surface area contributed by atoms with Gasteiger partial charge in [-0.2, -0.15) is 0 Å². The highest BCUT2D eigenvalue weighted by molar-refractivity contribution is 4.89. The van der Waals surface area contributed by atoms with E-state index in [0.29, 0.717) is 0 Å². The summed E-state index contributed by atoms with van der Waals surface area (Å²) in [6.07, 6.45) is 0. The molecule has 0 aliphatic heterocycles. The third-order valence-electron chi connectivity index (χ3n) is 1.58. The van der Waals surface area contributed by atoms with Crippen molar-refractivity contribution in [2.24, 2.45) is 5.73 Å². The fraction of sp³-hybridized carbons (Fsp3) is 1.00. The zero-order valence-corrected chi connectivity index (χ0v) is 6.02. The Morgan fingerprint density at radius 3 is 1.25 bits per heavy atom. The molecule has 0 radical (unpaired) electrons. The molecule has 0 bridgehead atoms. The molecule has 0 aromatic carbocycles. The van der Waals surface area contributed by atoms with Crippen LogP contribution in [0, 0.1) is 0 Å². The second-order valence-electron chi connectivity index (χ2n) is 3.28. The normalized spacial score (nSPS) is 14.2. The van der Waals surface area contributed by atoms with Crippen molar-refractivity contribution < 1.29 is 5.11 Å². The van der Waals surface area contributed by atoms with Gasteiger partial charge in [0.05, 0.1) is 5.60 Å². The second kappa shape index (κ2) is 1.71. The van der Waals surface area contributed by atoms with Crippen LogP contribution in [0.3, 0.4) is 0 Å². The van der Waals surface area contributed by atoms with Gasteiger partial charge in [0.1, 0.15) is 0 Å². The molecule has 0 atom stereocenters. The molecule has 0 aromatic heterocycles. The predicted octanol–water partition coefficient (Wildman–Crippen LogP) is 0.495. The van der Waals surface area contributed by atoms with Crippen molar-refractivity contribution >= 4 is 0 Å². The maximum atomic E-state index is 9.23. The Bertz CT molecular complexity index is 63.5. The topological polar surface area (TPSA) is 46.2 Å². The maximum absolute atomic E-state index is 9.23. The molecule has 0 heterocycles. The van der Waals surface area contributed by atoms with E-state index >= 15 is 0 Å². The van der Waals surface area contributed by atoms with Gasteiger partial charge in [0.25, 0.3) is 0 Å². The summed E-state index contributed by atoms with van der Waals surface area (Å²) < 4.78 is 0. The monoisotopic (exact) mass is 117 g/mol. The number of hydrogen-bond acceptors (Lipinski definition) is 2. The van der Waals surface area contributed by atoms with Gasteiger partial charge in [0.15, 0.2) is 0 Å². The first-order valence-electron chi connectivity index (χ1n) is 2.76.